The quantitative estimate of drug-likeness (QED) is 0.205. The maximum absolute atomic E-state index is 13.2. The first-order valence-corrected chi connectivity index (χ1v) is 14.0. The van der Waals surface area contributed by atoms with Crippen LogP contribution < -0.4 is 16.4 Å². The number of ether oxygens (including phenoxy) is 1. The van der Waals surface area contributed by atoms with Crippen LogP contribution in [0, 0.1) is 5.92 Å². The van der Waals surface area contributed by atoms with Gasteiger partial charge in [0.1, 0.15) is 12.9 Å². The summed E-state index contributed by atoms with van der Waals surface area (Å²) < 4.78 is 5.83. The van der Waals surface area contributed by atoms with E-state index in [2.05, 4.69) is 24.3 Å². The van der Waals surface area contributed by atoms with Gasteiger partial charge in [-0.1, -0.05) is 78.9 Å². The topological polar surface area (TPSA) is 116 Å². The summed E-state index contributed by atoms with van der Waals surface area (Å²) in [6.07, 6.45) is 1.26. The molecule has 1 aliphatic carbocycles. The highest BCUT2D eigenvalue weighted by molar-refractivity contribution is 6.01. The summed E-state index contributed by atoms with van der Waals surface area (Å²) in [7, 11) is 0. The molecule has 41 heavy (non-hydrogen) atoms. The van der Waals surface area contributed by atoms with Crippen LogP contribution in [-0.4, -0.2) is 43.4 Å². The predicted octanol–water partition coefficient (Wildman–Crippen LogP) is 4.80. The van der Waals surface area contributed by atoms with Crippen molar-refractivity contribution in [3.8, 4) is 11.1 Å². The molecule has 0 radical (unpaired) electrons. The lowest BCUT2D eigenvalue weighted by atomic mass is 9.97. The van der Waals surface area contributed by atoms with Crippen LogP contribution >= 0.6 is 0 Å². The second kappa shape index (κ2) is 12.5. The van der Waals surface area contributed by atoms with Gasteiger partial charge in [0, 0.05) is 18.2 Å². The molecule has 1 unspecified atom stereocenters. The minimum Gasteiger partial charge on any atom is -0.464 e. The minimum atomic E-state index is -0.815. The molecule has 4 aromatic rings. The number of esters is 1. The Morgan fingerprint density at radius 3 is 2.10 bits per heavy atom. The molecular formula is C34H35N3O4. The zero-order valence-electron chi connectivity index (χ0n) is 23.1. The zero-order valence-corrected chi connectivity index (χ0v) is 23.1. The van der Waals surface area contributed by atoms with Crippen LogP contribution in [0.3, 0.4) is 0 Å². The van der Waals surface area contributed by atoms with Gasteiger partial charge in [-0.2, -0.15) is 0 Å². The van der Waals surface area contributed by atoms with Crippen molar-refractivity contribution in [2.75, 3.05) is 18.1 Å². The Morgan fingerprint density at radius 2 is 1.49 bits per heavy atom. The van der Waals surface area contributed by atoms with Gasteiger partial charge in [0.05, 0.1) is 18.0 Å². The van der Waals surface area contributed by atoms with Gasteiger partial charge in [-0.15, -0.1) is 0 Å². The summed E-state index contributed by atoms with van der Waals surface area (Å²) in [5.74, 6) is -1.45. The van der Waals surface area contributed by atoms with E-state index < -0.39 is 24.0 Å². The molecule has 3 atom stereocenters. The van der Waals surface area contributed by atoms with E-state index in [4.69, 9.17) is 16.2 Å². The van der Waals surface area contributed by atoms with E-state index in [1.165, 1.54) is 4.90 Å². The molecule has 0 aromatic heterocycles. The van der Waals surface area contributed by atoms with Crippen molar-refractivity contribution >= 4 is 34.6 Å². The lowest BCUT2D eigenvalue weighted by molar-refractivity contribution is -0.148. The smallest absolute Gasteiger partial charge is 0.310 e. The number of nitrogens with two attached hydrogens (primary N) is 2. The molecule has 4 N–H and O–H groups in total. The van der Waals surface area contributed by atoms with Crippen LogP contribution in [-0.2, 0) is 19.1 Å². The maximum Gasteiger partial charge on any atom is 0.310 e. The summed E-state index contributed by atoms with van der Waals surface area (Å²) in [5, 5.41) is 1.96. The Hall–Kier alpha value is -4.33. The number of benzene rings is 4. The normalized spacial score (nSPS) is 14.5. The summed E-state index contributed by atoms with van der Waals surface area (Å²) in [5.41, 5.74) is 17.1. The average Bonchev–Trinajstić information content (AvgIpc) is 3.32. The predicted molar refractivity (Wildman–Crippen MR) is 161 cm³/mol. The van der Waals surface area contributed by atoms with Crippen LogP contribution in [0.25, 0.3) is 21.9 Å². The number of aldehydes is 1. The van der Waals surface area contributed by atoms with Gasteiger partial charge in [-0.25, -0.2) is 0 Å². The van der Waals surface area contributed by atoms with E-state index in [9.17, 15) is 14.4 Å². The Labute approximate surface area is 240 Å². The standard InChI is InChI=1S/C34H35N3O4/c1-22(36)33(39)37(26-16-14-23-8-2-3-9-24(23)18-26)27(20-38)17-15-25(19-35)34(40)41-21-32-30-12-6-4-10-28(30)29-11-5-7-13-31(29)32/h2-14,16,18,20,22,25,27,32H,15,17,19,21,35-36H2,1H3/t22-,25?,27-/m0/s1. The third-order valence-electron chi connectivity index (χ3n) is 7.91. The lowest BCUT2D eigenvalue weighted by Crippen LogP contribution is -2.49. The van der Waals surface area contributed by atoms with Crippen LogP contribution in [0.15, 0.2) is 91.0 Å². The van der Waals surface area contributed by atoms with Crippen molar-refractivity contribution in [1.82, 2.24) is 0 Å². The van der Waals surface area contributed by atoms with Gasteiger partial charge >= 0.3 is 5.97 Å². The van der Waals surface area contributed by atoms with E-state index in [0.29, 0.717) is 5.69 Å². The first kappa shape index (κ1) is 28.2. The van der Waals surface area contributed by atoms with Gasteiger partial charge in [0.25, 0.3) is 0 Å². The molecule has 0 saturated carbocycles. The second-order valence-corrected chi connectivity index (χ2v) is 10.6. The molecule has 4 aromatic carbocycles. The number of fused-ring (bicyclic) bond motifs is 4. The van der Waals surface area contributed by atoms with Crippen molar-refractivity contribution in [2.45, 2.75) is 37.8 Å². The Balaban J connectivity index is 1.29. The summed E-state index contributed by atoms with van der Waals surface area (Å²) in [6, 6.07) is 28.1. The van der Waals surface area contributed by atoms with Crippen LogP contribution in [0.2, 0.25) is 0 Å². The highest BCUT2D eigenvalue weighted by Crippen LogP contribution is 2.44. The third-order valence-corrected chi connectivity index (χ3v) is 7.91. The number of hydrogen-bond acceptors (Lipinski definition) is 6. The fourth-order valence-electron chi connectivity index (χ4n) is 5.71. The van der Waals surface area contributed by atoms with E-state index in [0.717, 1.165) is 39.3 Å². The van der Waals surface area contributed by atoms with E-state index >= 15 is 0 Å². The fraction of sp³-hybridized carbons (Fsp3) is 0.265. The molecule has 0 fully saturated rings. The van der Waals surface area contributed by atoms with Gasteiger partial charge in [-0.3, -0.25) is 9.59 Å². The van der Waals surface area contributed by atoms with Crippen molar-refractivity contribution in [1.29, 1.82) is 0 Å². The largest absolute Gasteiger partial charge is 0.464 e. The third kappa shape index (κ3) is 5.78. The van der Waals surface area contributed by atoms with E-state index in [1.54, 1.807) is 6.92 Å². The molecule has 0 bridgehead atoms. The molecule has 1 aliphatic rings. The second-order valence-electron chi connectivity index (χ2n) is 10.6. The highest BCUT2D eigenvalue weighted by Gasteiger charge is 2.32. The number of carbonyl (C=O) groups is 3. The number of amides is 1. The van der Waals surface area contributed by atoms with E-state index in [1.807, 2.05) is 66.7 Å². The van der Waals surface area contributed by atoms with Crippen molar-refractivity contribution in [3.05, 3.63) is 102 Å². The number of rotatable bonds is 11. The van der Waals surface area contributed by atoms with Gasteiger partial charge in [-0.05, 0) is 64.9 Å². The molecule has 1 amide bonds. The van der Waals surface area contributed by atoms with E-state index in [-0.39, 0.29) is 37.8 Å². The van der Waals surface area contributed by atoms with Crippen LogP contribution in [0.1, 0.15) is 36.8 Å². The summed E-state index contributed by atoms with van der Waals surface area (Å²) >= 11 is 0. The van der Waals surface area contributed by atoms with Gasteiger partial charge < -0.3 is 25.9 Å². The first-order chi connectivity index (χ1) is 19.9. The number of nitrogens with zero attached hydrogens (tertiary/aromatic N) is 1. The molecule has 7 nitrogen and oxygen atoms in total. The molecule has 0 spiro atoms. The number of hydrogen-bond donors (Lipinski definition) is 2. The molecule has 0 saturated heterocycles. The molecule has 210 valence electrons. The zero-order chi connectivity index (χ0) is 28.9. The van der Waals surface area contributed by atoms with Gasteiger partial charge in [0.15, 0.2) is 0 Å². The molecule has 0 heterocycles. The highest BCUT2D eigenvalue weighted by atomic mass is 16.5. The average molecular weight is 550 g/mol. The Kier molecular flexibility index (Phi) is 8.57. The molecular weight excluding hydrogens is 514 g/mol. The van der Waals surface area contributed by atoms with Crippen molar-refractivity contribution in [3.63, 3.8) is 0 Å². The number of anilines is 1. The SMILES string of the molecule is C[C@H](N)C(=O)N(c1ccc2ccccc2c1)[C@H](C=O)CCC(CN)C(=O)OCC1c2ccccc2-c2ccccc21. The molecule has 0 aliphatic heterocycles. The van der Waals surface area contributed by atoms with Crippen molar-refractivity contribution < 1.29 is 19.1 Å². The van der Waals surface area contributed by atoms with Crippen LogP contribution in [0.5, 0.6) is 0 Å². The van der Waals surface area contributed by atoms with Crippen LogP contribution in [0.4, 0.5) is 5.69 Å². The summed E-state index contributed by atoms with van der Waals surface area (Å²) in [6.45, 7) is 1.87. The molecule has 5 rings (SSSR count). The monoisotopic (exact) mass is 549 g/mol. The fourth-order valence-corrected chi connectivity index (χ4v) is 5.71. The maximum atomic E-state index is 13.2. The minimum absolute atomic E-state index is 0.0560. The van der Waals surface area contributed by atoms with Gasteiger partial charge in [0.2, 0.25) is 5.91 Å². The number of carbonyl (C=O) groups excluding carboxylic acids is 3. The Morgan fingerprint density at radius 1 is 0.878 bits per heavy atom. The van der Waals surface area contributed by atoms with Crippen molar-refractivity contribution in [2.24, 2.45) is 17.4 Å². The lowest BCUT2D eigenvalue weighted by Gasteiger charge is -2.31. The summed E-state index contributed by atoms with van der Waals surface area (Å²) in [4.78, 5) is 40.2. The first-order valence-electron chi connectivity index (χ1n) is 14.0. The Bertz CT molecular complexity index is 1520. The molecule has 7 heteroatoms.